The highest BCUT2D eigenvalue weighted by molar-refractivity contribution is 6.08. The SMILES string of the molecule is Cc1ccc(N(c2cccc(-c3ccccc3)c2)c2cc(C)c(-c3ccc4c(c3)C3(c5cc(-c6ccccc6-c6ccccc6)ccc5-4)C4CC5CC(C4)CC3C5)c3ccc(C)cc23)cc1. The van der Waals surface area contributed by atoms with Gasteiger partial charge in [-0.15, -0.1) is 0 Å². The van der Waals surface area contributed by atoms with Crippen LogP contribution in [0.15, 0.2) is 194 Å². The third-order valence-electron chi connectivity index (χ3n) is 16.5. The van der Waals surface area contributed by atoms with Gasteiger partial charge in [0, 0.05) is 22.2 Å². The van der Waals surface area contributed by atoms with E-state index in [0.29, 0.717) is 11.8 Å². The minimum atomic E-state index is 0.0258. The van der Waals surface area contributed by atoms with E-state index in [9.17, 15) is 0 Å². The molecule has 4 bridgehead atoms. The van der Waals surface area contributed by atoms with E-state index in [1.54, 1.807) is 11.1 Å². The van der Waals surface area contributed by atoms with Crippen LogP contribution in [0.3, 0.4) is 0 Å². The van der Waals surface area contributed by atoms with Crippen LogP contribution in [0.5, 0.6) is 0 Å². The highest BCUT2D eigenvalue weighted by Gasteiger charge is 2.61. The fourth-order valence-electron chi connectivity index (χ4n) is 13.9. The lowest BCUT2D eigenvalue weighted by molar-refractivity contribution is -0.0399. The third-order valence-corrected chi connectivity index (χ3v) is 16.5. The number of rotatable bonds is 7. The van der Waals surface area contributed by atoms with Crippen molar-refractivity contribution in [3.05, 3.63) is 222 Å². The minimum Gasteiger partial charge on any atom is -0.310 e. The molecular formula is C65H55N. The van der Waals surface area contributed by atoms with Gasteiger partial charge in [0.05, 0.1) is 5.69 Å². The van der Waals surface area contributed by atoms with Crippen LogP contribution in [0, 0.1) is 44.4 Å². The lowest BCUT2D eigenvalue weighted by Gasteiger charge is -2.61. The molecule has 0 atom stereocenters. The normalized spacial score (nSPS) is 21.0. The molecule has 9 aromatic carbocycles. The monoisotopic (exact) mass is 849 g/mol. The highest BCUT2D eigenvalue weighted by Crippen LogP contribution is 2.70. The van der Waals surface area contributed by atoms with Gasteiger partial charge in [0.15, 0.2) is 0 Å². The molecule has 5 aliphatic carbocycles. The predicted octanol–water partition coefficient (Wildman–Crippen LogP) is 17.6. The molecule has 66 heavy (non-hydrogen) atoms. The van der Waals surface area contributed by atoms with Crippen LogP contribution >= 0.6 is 0 Å². The van der Waals surface area contributed by atoms with Gasteiger partial charge in [-0.2, -0.15) is 0 Å². The predicted molar refractivity (Wildman–Crippen MR) is 278 cm³/mol. The molecule has 9 aromatic rings. The number of aryl methyl sites for hydroxylation is 3. The van der Waals surface area contributed by atoms with Crippen LogP contribution in [-0.4, -0.2) is 0 Å². The number of fused-ring (bicyclic) bond motifs is 4. The third kappa shape index (κ3) is 6.12. The smallest absolute Gasteiger partial charge is 0.0543 e. The lowest BCUT2D eigenvalue weighted by Crippen LogP contribution is -2.55. The van der Waals surface area contributed by atoms with Gasteiger partial charge in [-0.3, -0.25) is 0 Å². The average Bonchev–Trinajstić information content (AvgIpc) is 3.63. The van der Waals surface area contributed by atoms with Gasteiger partial charge in [-0.25, -0.2) is 0 Å². The zero-order valence-electron chi connectivity index (χ0n) is 38.3. The van der Waals surface area contributed by atoms with E-state index in [0.717, 1.165) is 23.2 Å². The van der Waals surface area contributed by atoms with E-state index in [1.807, 2.05) is 0 Å². The van der Waals surface area contributed by atoms with E-state index in [-0.39, 0.29) is 5.41 Å². The molecule has 1 spiro atoms. The standard InChI is InChI=1S/C65H55N/c1-41-21-26-53(27-22-41)66(54-18-12-17-48(38-54)46-13-6-4-7-14-46)63-32-43(3)64(59-28-23-42(2)31-60(59)63)50-25-30-58-57-29-24-49(56-20-11-10-19-55(56)47-15-8-5-9-16-47)39-61(57)65(62(58)40-50)51-34-44-33-45(36-51)37-52(65)35-44/h4-32,38-40,44-45,51-52H,33-37H2,1-3H3. The van der Waals surface area contributed by atoms with Crippen LogP contribution in [0.2, 0.25) is 0 Å². The summed E-state index contributed by atoms with van der Waals surface area (Å²) in [6.07, 6.45) is 6.88. The van der Waals surface area contributed by atoms with E-state index >= 15 is 0 Å². The Bertz CT molecular complexity index is 3310. The molecule has 0 amide bonds. The maximum atomic E-state index is 2.69. The Morgan fingerprint density at radius 3 is 1.64 bits per heavy atom. The van der Waals surface area contributed by atoms with E-state index < -0.39 is 0 Å². The average molecular weight is 850 g/mol. The van der Waals surface area contributed by atoms with Crippen molar-refractivity contribution in [1.29, 1.82) is 0 Å². The number of anilines is 3. The Morgan fingerprint density at radius 1 is 0.379 bits per heavy atom. The number of hydrogen-bond donors (Lipinski definition) is 0. The quantitative estimate of drug-likeness (QED) is 0.154. The van der Waals surface area contributed by atoms with Crippen LogP contribution in [-0.2, 0) is 5.41 Å². The van der Waals surface area contributed by atoms with Crippen molar-refractivity contribution in [3.8, 4) is 55.6 Å². The molecule has 0 radical (unpaired) electrons. The summed E-state index contributed by atoms with van der Waals surface area (Å²) in [5.74, 6) is 3.09. The van der Waals surface area contributed by atoms with Crippen LogP contribution in [0.1, 0.15) is 59.9 Å². The first-order valence-electron chi connectivity index (χ1n) is 24.4. The molecule has 1 nitrogen and oxygen atoms in total. The van der Waals surface area contributed by atoms with Crippen molar-refractivity contribution in [2.45, 2.75) is 58.3 Å². The fraction of sp³-hybridized carbons (Fsp3) is 0.200. The first kappa shape index (κ1) is 39.4. The largest absolute Gasteiger partial charge is 0.310 e. The Labute approximate surface area is 390 Å². The summed E-state index contributed by atoms with van der Waals surface area (Å²) in [6, 6.07) is 73.8. The maximum absolute atomic E-state index is 2.69. The molecule has 320 valence electrons. The van der Waals surface area contributed by atoms with Crippen molar-refractivity contribution in [2.75, 3.05) is 4.90 Å². The van der Waals surface area contributed by atoms with Crippen LogP contribution in [0.4, 0.5) is 17.1 Å². The number of nitrogens with zero attached hydrogens (tertiary/aromatic N) is 1. The van der Waals surface area contributed by atoms with Gasteiger partial charge in [-0.1, -0.05) is 157 Å². The van der Waals surface area contributed by atoms with Gasteiger partial charge >= 0.3 is 0 Å². The second kappa shape index (κ2) is 15.3. The number of hydrogen-bond acceptors (Lipinski definition) is 1. The molecule has 0 N–H and O–H groups in total. The molecule has 1 heteroatoms. The summed E-state index contributed by atoms with van der Waals surface area (Å²) < 4.78 is 0. The Balaban J connectivity index is 0.992. The van der Waals surface area contributed by atoms with Gasteiger partial charge in [0.2, 0.25) is 0 Å². The van der Waals surface area contributed by atoms with Gasteiger partial charge < -0.3 is 4.90 Å². The summed E-state index contributed by atoms with van der Waals surface area (Å²) in [7, 11) is 0. The number of benzene rings is 9. The molecule has 0 aromatic heterocycles. The van der Waals surface area contributed by atoms with Crippen molar-refractivity contribution in [2.24, 2.45) is 23.7 Å². The summed E-state index contributed by atoms with van der Waals surface area (Å²) in [6.45, 7) is 6.77. The Hall–Kier alpha value is -6.96. The molecule has 0 unspecified atom stereocenters. The summed E-state index contributed by atoms with van der Waals surface area (Å²) in [4.78, 5) is 2.49. The van der Waals surface area contributed by atoms with Gasteiger partial charge in [-0.05, 0) is 203 Å². The second-order valence-electron chi connectivity index (χ2n) is 20.3. The Morgan fingerprint density at radius 2 is 0.955 bits per heavy atom. The summed E-state index contributed by atoms with van der Waals surface area (Å²) in [5, 5.41) is 2.58. The van der Waals surface area contributed by atoms with Gasteiger partial charge in [0.1, 0.15) is 0 Å². The van der Waals surface area contributed by atoms with Crippen LogP contribution < -0.4 is 4.90 Å². The van der Waals surface area contributed by atoms with Crippen LogP contribution in [0.25, 0.3) is 66.4 Å². The van der Waals surface area contributed by atoms with E-state index in [2.05, 4.69) is 220 Å². The minimum absolute atomic E-state index is 0.0258. The molecule has 4 fully saturated rings. The first-order chi connectivity index (χ1) is 32.4. The van der Waals surface area contributed by atoms with Crippen molar-refractivity contribution in [3.63, 3.8) is 0 Å². The first-order valence-corrected chi connectivity index (χ1v) is 24.4. The molecule has 5 aliphatic rings. The van der Waals surface area contributed by atoms with Crippen molar-refractivity contribution in [1.82, 2.24) is 0 Å². The molecule has 0 aliphatic heterocycles. The van der Waals surface area contributed by atoms with Gasteiger partial charge in [0.25, 0.3) is 0 Å². The molecule has 0 heterocycles. The molecule has 4 saturated carbocycles. The van der Waals surface area contributed by atoms with E-state index in [1.165, 1.54) is 121 Å². The summed E-state index contributed by atoms with van der Waals surface area (Å²) >= 11 is 0. The highest BCUT2D eigenvalue weighted by atomic mass is 15.1. The summed E-state index contributed by atoms with van der Waals surface area (Å²) in [5.41, 5.74) is 23.9. The van der Waals surface area contributed by atoms with Crippen molar-refractivity contribution >= 4 is 27.8 Å². The molecular weight excluding hydrogens is 795 g/mol. The molecule has 14 rings (SSSR count). The topological polar surface area (TPSA) is 3.24 Å². The lowest BCUT2D eigenvalue weighted by atomic mass is 9.43. The Kier molecular flexibility index (Phi) is 9.14. The fourth-order valence-corrected chi connectivity index (χ4v) is 13.9. The maximum Gasteiger partial charge on any atom is 0.0543 e. The molecule has 0 saturated heterocycles. The van der Waals surface area contributed by atoms with E-state index in [4.69, 9.17) is 0 Å². The zero-order valence-corrected chi connectivity index (χ0v) is 38.3. The second-order valence-corrected chi connectivity index (χ2v) is 20.3. The zero-order chi connectivity index (χ0) is 44.1. The van der Waals surface area contributed by atoms with Crippen molar-refractivity contribution < 1.29 is 0 Å².